The fraction of sp³-hybridized carbons (Fsp3) is 0.500. The lowest BCUT2D eigenvalue weighted by atomic mass is 10.0. The molecule has 1 atom stereocenters. The Bertz CT molecular complexity index is 1140. The van der Waals surface area contributed by atoms with Gasteiger partial charge in [0.25, 0.3) is 0 Å². The Morgan fingerprint density at radius 3 is 2.70 bits per heavy atom. The average molecular weight is 470 g/mol. The molecule has 1 aromatic carbocycles. The summed E-state index contributed by atoms with van der Waals surface area (Å²) in [6.45, 7) is 6.96. The van der Waals surface area contributed by atoms with Crippen molar-refractivity contribution in [2.24, 2.45) is 11.8 Å². The number of hydrogen-bond acceptors (Lipinski definition) is 5. The number of thioether (sulfide) groups is 1. The number of aryl methyl sites for hydroxylation is 2. The summed E-state index contributed by atoms with van der Waals surface area (Å²) in [5, 5.41) is 6.08. The zero-order valence-corrected chi connectivity index (χ0v) is 20.5. The lowest BCUT2D eigenvalue weighted by Crippen LogP contribution is -2.32. The van der Waals surface area contributed by atoms with Crippen LogP contribution in [0.4, 0.5) is 10.1 Å². The Morgan fingerprint density at radius 1 is 1.18 bits per heavy atom. The Labute approximate surface area is 199 Å². The topological polar surface area (TPSA) is 39.0 Å². The van der Waals surface area contributed by atoms with Gasteiger partial charge in [0.1, 0.15) is 10.8 Å². The third-order valence-corrected chi connectivity index (χ3v) is 7.36. The molecule has 3 heterocycles. The minimum atomic E-state index is -0.856. The molecule has 5 nitrogen and oxygen atoms in total. The van der Waals surface area contributed by atoms with Crippen LogP contribution in [0.1, 0.15) is 30.4 Å². The maximum Gasteiger partial charge on any atom is 0.228 e. The Hall–Kier alpha value is -2.25. The van der Waals surface area contributed by atoms with Gasteiger partial charge >= 0.3 is 0 Å². The monoisotopic (exact) mass is 469 g/mol. The number of anilines is 1. The highest BCUT2D eigenvalue weighted by Crippen LogP contribution is 2.41. The molecular formula is C26H32FN3O2S. The van der Waals surface area contributed by atoms with Crippen molar-refractivity contribution in [3.05, 3.63) is 41.5 Å². The number of ether oxygens (including phenoxy) is 2. The molecular weight excluding hydrogens is 437 g/mol. The number of benzene rings is 1. The molecule has 0 radical (unpaired) electrons. The fourth-order valence-electron chi connectivity index (χ4n) is 5.00. The summed E-state index contributed by atoms with van der Waals surface area (Å²) in [5.41, 5.74) is 6.20. The van der Waals surface area contributed by atoms with E-state index >= 15 is 0 Å². The molecule has 0 amide bonds. The molecule has 33 heavy (non-hydrogen) atoms. The molecule has 2 aromatic heterocycles. The predicted molar refractivity (Wildman–Crippen MR) is 132 cm³/mol. The van der Waals surface area contributed by atoms with E-state index in [1.165, 1.54) is 18.5 Å². The van der Waals surface area contributed by atoms with Crippen molar-refractivity contribution in [1.29, 1.82) is 0 Å². The van der Waals surface area contributed by atoms with Gasteiger partial charge in [-0.25, -0.2) is 8.91 Å². The fourth-order valence-corrected chi connectivity index (χ4v) is 5.59. The van der Waals surface area contributed by atoms with Crippen molar-refractivity contribution in [2.75, 3.05) is 44.3 Å². The first-order chi connectivity index (χ1) is 16.1. The first-order valence-corrected chi connectivity index (χ1v) is 13.0. The van der Waals surface area contributed by atoms with E-state index < -0.39 is 6.86 Å². The van der Waals surface area contributed by atoms with Gasteiger partial charge in [0.05, 0.1) is 23.5 Å². The largest absolute Gasteiger partial charge is 0.462 e. The normalized spacial score (nSPS) is 18.2. The van der Waals surface area contributed by atoms with Crippen LogP contribution in [0.3, 0.4) is 0 Å². The number of rotatable bonds is 9. The molecule has 1 aliphatic heterocycles. The van der Waals surface area contributed by atoms with Crippen molar-refractivity contribution in [3.63, 3.8) is 0 Å². The van der Waals surface area contributed by atoms with Crippen molar-refractivity contribution in [1.82, 2.24) is 9.61 Å². The molecule has 3 aromatic rings. The molecule has 7 heteroatoms. The predicted octanol–water partition coefficient (Wildman–Crippen LogP) is 5.90. The minimum Gasteiger partial charge on any atom is -0.462 e. The average Bonchev–Trinajstić information content (AvgIpc) is 3.30. The second kappa shape index (κ2) is 9.55. The van der Waals surface area contributed by atoms with Crippen LogP contribution in [-0.4, -0.2) is 49.0 Å². The SMILES string of the molecule is CSc1nn2c(-c3c(C)cc(C)cc3OCF)cccc2c1N(CC1CC1)CC1CCOC1. The molecule has 0 N–H and O–H groups in total. The van der Waals surface area contributed by atoms with Crippen LogP contribution in [0.5, 0.6) is 5.75 Å². The van der Waals surface area contributed by atoms with Crippen LogP contribution >= 0.6 is 11.8 Å². The second-order valence-corrected chi connectivity index (χ2v) is 10.1. The highest BCUT2D eigenvalue weighted by Gasteiger charge is 2.30. The zero-order chi connectivity index (χ0) is 22.9. The highest BCUT2D eigenvalue weighted by atomic mass is 32.2. The van der Waals surface area contributed by atoms with Crippen LogP contribution in [-0.2, 0) is 4.74 Å². The van der Waals surface area contributed by atoms with Gasteiger partial charge in [0, 0.05) is 31.2 Å². The Kier molecular flexibility index (Phi) is 6.52. The highest BCUT2D eigenvalue weighted by molar-refractivity contribution is 7.98. The van der Waals surface area contributed by atoms with Gasteiger partial charge in [0.2, 0.25) is 6.86 Å². The minimum absolute atomic E-state index is 0.556. The summed E-state index contributed by atoms with van der Waals surface area (Å²) < 4.78 is 26.4. The van der Waals surface area contributed by atoms with Crippen molar-refractivity contribution in [3.8, 4) is 17.0 Å². The number of aromatic nitrogens is 2. The first-order valence-electron chi connectivity index (χ1n) is 11.8. The number of nitrogens with zero attached hydrogens (tertiary/aromatic N) is 3. The summed E-state index contributed by atoms with van der Waals surface area (Å²) in [4.78, 5) is 2.55. The van der Waals surface area contributed by atoms with Gasteiger partial charge in [-0.15, -0.1) is 11.8 Å². The van der Waals surface area contributed by atoms with E-state index in [0.717, 1.165) is 71.6 Å². The molecule has 1 saturated carbocycles. The maximum absolute atomic E-state index is 13.2. The van der Waals surface area contributed by atoms with Gasteiger partial charge in [-0.05, 0) is 74.6 Å². The summed E-state index contributed by atoms with van der Waals surface area (Å²) in [6, 6.07) is 10.3. The van der Waals surface area contributed by atoms with Crippen molar-refractivity contribution in [2.45, 2.75) is 38.1 Å². The zero-order valence-electron chi connectivity index (χ0n) is 19.6. The van der Waals surface area contributed by atoms with E-state index in [1.54, 1.807) is 11.8 Å². The van der Waals surface area contributed by atoms with Crippen LogP contribution in [0.15, 0.2) is 35.4 Å². The van der Waals surface area contributed by atoms with Crippen LogP contribution in [0.2, 0.25) is 0 Å². The Morgan fingerprint density at radius 2 is 2.00 bits per heavy atom. The maximum atomic E-state index is 13.2. The van der Waals surface area contributed by atoms with Crippen molar-refractivity contribution < 1.29 is 13.9 Å². The third-order valence-electron chi connectivity index (χ3n) is 6.70. The van der Waals surface area contributed by atoms with Gasteiger partial charge < -0.3 is 14.4 Å². The summed E-state index contributed by atoms with van der Waals surface area (Å²) in [6.07, 6.45) is 5.83. The van der Waals surface area contributed by atoms with Gasteiger partial charge in [0.15, 0.2) is 0 Å². The number of halogens is 1. The second-order valence-electron chi connectivity index (χ2n) is 9.35. The number of fused-ring (bicyclic) bond motifs is 1. The van der Waals surface area contributed by atoms with Crippen LogP contribution in [0.25, 0.3) is 16.8 Å². The molecule has 5 rings (SSSR count). The van der Waals surface area contributed by atoms with Gasteiger partial charge in [-0.1, -0.05) is 12.1 Å². The van der Waals surface area contributed by atoms with Crippen LogP contribution < -0.4 is 9.64 Å². The Balaban J connectivity index is 1.64. The van der Waals surface area contributed by atoms with E-state index in [-0.39, 0.29) is 0 Å². The van der Waals surface area contributed by atoms with Gasteiger partial charge in [-0.3, -0.25) is 0 Å². The molecule has 1 aliphatic carbocycles. The van der Waals surface area contributed by atoms with E-state index in [9.17, 15) is 4.39 Å². The van der Waals surface area contributed by atoms with E-state index in [2.05, 4.69) is 29.4 Å². The standard InChI is InChI=1S/C26H32FN3O2S/c1-17-11-18(2)24(23(12-17)32-16-27)21-5-4-6-22-25(26(33-3)28-30(21)22)29(13-19-7-8-19)14-20-9-10-31-15-20/h4-6,11-12,19-20H,7-10,13-16H2,1-3H3. The lowest BCUT2D eigenvalue weighted by Gasteiger charge is -2.27. The van der Waals surface area contributed by atoms with E-state index in [1.807, 2.05) is 30.5 Å². The quantitative estimate of drug-likeness (QED) is 0.365. The number of pyridine rings is 1. The first kappa shape index (κ1) is 22.5. The smallest absolute Gasteiger partial charge is 0.228 e. The molecule has 0 spiro atoms. The molecule has 176 valence electrons. The number of alkyl halides is 1. The molecule has 1 saturated heterocycles. The van der Waals surface area contributed by atoms with Crippen LogP contribution in [0, 0.1) is 25.7 Å². The lowest BCUT2D eigenvalue weighted by molar-refractivity contribution is 0.186. The summed E-state index contributed by atoms with van der Waals surface area (Å²) in [7, 11) is 0. The van der Waals surface area contributed by atoms with Crippen molar-refractivity contribution >= 4 is 23.0 Å². The van der Waals surface area contributed by atoms with E-state index in [0.29, 0.717) is 11.7 Å². The summed E-state index contributed by atoms with van der Waals surface area (Å²) in [5.74, 6) is 1.88. The molecule has 2 aliphatic rings. The molecule has 0 bridgehead atoms. The summed E-state index contributed by atoms with van der Waals surface area (Å²) >= 11 is 1.68. The molecule has 1 unspecified atom stereocenters. The molecule has 2 fully saturated rings. The number of hydrogen-bond donors (Lipinski definition) is 0. The van der Waals surface area contributed by atoms with E-state index in [4.69, 9.17) is 14.6 Å². The van der Waals surface area contributed by atoms with Gasteiger partial charge in [-0.2, -0.15) is 5.10 Å². The third kappa shape index (κ3) is 4.58.